The number of aryl methyl sites for hydroxylation is 1. The summed E-state index contributed by atoms with van der Waals surface area (Å²) >= 11 is 6.77. The molecule has 0 spiro atoms. The fourth-order valence-corrected chi connectivity index (χ4v) is 5.45. The van der Waals surface area contributed by atoms with E-state index in [0.717, 1.165) is 17.8 Å². The van der Waals surface area contributed by atoms with E-state index in [2.05, 4.69) is 16.6 Å². The van der Waals surface area contributed by atoms with E-state index in [1.54, 1.807) is 6.92 Å². The van der Waals surface area contributed by atoms with Crippen molar-refractivity contribution in [2.45, 2.75) is 43.7 Å². The quantitative estimate of drug-likeness (QED) is 0.926. The van der Waals surface area contributed by atoms with Crippen LogP contribution in [0, 0.1) is 18.8 Å². The van der Waals surface area contributed by atoms with Gasteiger partial charge in [-0.2, -0.15) is 0 Å². The number of sulfonamides is 1. The van der Waals surface area contributed by atoms with Gasteiger partial charge in [0.15, 0.2) is 8.68 Å². The van der Waals surface area contributed by atoms with Crippen molar-refractivity contribution in [3.8, 4) is 0 Å². The molecule has 1 fully saturated rings. The summed E-state index contributed by atoms with van der Waals surface area (Å²) in [5.74, 6) is 1.02. The highest BCUT2D eigenvalue weighted by Gasteiger charge is 2.26. The molecule has 2 atom stereocenters. The van der Waals surface area contributed by atoms with Crippen molar-refractivity contribution in [1.82, 2.24) is 9.71 Å². The van der Waals surface area contributed by atoms with Crippen molar-refractivity contribution in [2.75, 3.05) is 6.54 Å². The third-order valence-electron chi connectivity index (χ3n) is 3.80. The predicted molar refractivity (Wildman–Crippen MR) is 78.2 cm³/mol. The average molecular weight is 323 g/mol. The molecule has 0 aromatic carbocycles. The average Bonchev–Trinajstić information content (AvgIpc) is 2.68. The van der Waals surface area contributed by atoms with Gasteiger partial charge in [0.05, 0.1) is 5.69 Å². The Morgan fingerprint density at radius 1 is 1.42 bits per heavy atom. The maximum absolute atomic E-state index is 12.2. The van der Waals surface area contributed by atoms with Gasteiger partial charge < -0.3 is 0 Å². The Kier molecular flexibility index (Phi) is 4.87. The summed E-state index contributed by atoms with van der Waals surface area (Å²) in [5, 5.41) is 0. The molecule has 1 aliphatic rings. The van der Waals surface area contributed by atoms with E-state index < -0.39 is 10.0 Å². The second kappa shape index (κ2) is 6.08. The minimum Gasteiger partial charge on any atom is -0.229 e. The van der Waals surface area contributed by atoms with Gasteiger partial charge in [0.2, 0.25) is 0 Å². The molecule has 1 aliphatic carbocycles. The number of thiazole rings is 1. The number of nitrogens with one attached hydrogen (secondary N) is 1. The lowest BCUT2D eigenvalue weighted by atomic mass is 9.81. The molecule has 0 amide bonds. The normalized spacial score (nSPS) is 24.6. The highest BCUT2D eigenvalue weighted by Crippen LogP contribution is 2.30. The number of hydrogen-bond acceptors (Lipinski definition) is 4. The van der Waals surface area contributed by atoms with Crippen LogP contribution in [0.25, 0.3) is 0 Å². The van der Waals surface area contributed by atoms with Crippen LogP contribution in [0.5, 0.6) is 0 Å². The van der Waals surface area contributed by atoms with Gasteiger partial charge in [-0.3, -0.25) is 0 Å². The molecule has 108 valence electrons. The lowest BCUT2D eigenvalue weighted by Crippen LogP contribution is -2.33. The first kappa shape index (κ1) is 15.2. The highest BCUT2D eigenvalue weighted by atomic mass is 35.5. The molecule has 2 rings (SSSR count). The molecule has 0 radical (unpaired) electrons. The molecule has 1 heterocycles. The zero-order chi connectivity index (χ0) is 14.0. The molecule has 0 saturated heterocycles. The fraction of sp³-hybridized carbons (Fsp3) is 0.750. The number of nitrogens with zero attached hydrogens (tertiary/aromatic N) is 1. The van der Waals surface area contributed by atoms with Gasteiger partial charge in [-0.15, -0.1) is 0 Å². The molecular formula is C12H19ClN2O2S2. The maximum Gasteiger partial charge on any atom is 0.251 e. The monoisotopic (exact) mass is 322 g/mol. The third-order valence-corrected chi connectivity index (χ3v) is 7.09. The number of rotatable bonds is 4. The van der Waals surface area contributed by atoms with Crippen LogP contribution in [0.1, 0.15) is 38.3 Å². The molecule has 7 heteroatoms. The van der Waals surface area contributed by atoms with Gasteiger partial charge in [-0.25, -0.2) is 18.1 Å². The van der Waals surface area contributed by atoms with Gasteiger partial charge in [0, 0.05) is 6.54 Å². The summed E-state index contributed by atoms with van der Waals surface area (Å²) in [6, 6.07) is 0. The lowest BCUT2D eigenvalue weighted by Gasteiger charge is -2.28. The molecule has 1 aromatic rings. The smallest absolute Gasteiger partial charge is 0.229 e. The summed E-state index contributed by atoms with van der Waals surface area (Å²) < 4.78 is 27.7. The van der Waals surface area contributed by atoms with Gasteiger partial charge >= 0.3 is 0 Å². The molecular weight excluding hydrogens is 304 g/mol. The molecule has 0 bridgehead atoms. The van der Waals surface area contributed by atoms with Crippen molar-refractivity contribution in [3.63, 3.8) is 0 Å². The Bertz CT molecular complexity index is 542. The molecule has 4 nitrogen and oxygen atoms in total. The van der Waals surface area contributed by atoms with Gasteiger partial charge in [-0.1, -0.05) is 49.1 Å². The Morgan fingerprint density at radius 3 is 2.68 bits per heavy atom. The van der Waals surface area contributed by atoms with Gasteiger partial charge in [0.1, 0.15) is 0 Å². The van der Waals surface area contributed by atoms with Crippen LogP contribution in [-0.4, -0.2) is 19.9 Å². The SMILES string of the molecule is Cc1nc(Cl)sc1S(=O)(=O)NCC1CCCCC1C. The van der Waals surface area contributed by atoms with Crippen LogP contribution in [0.3, 0.4) is 0 Å². The first-order chi connectivity index (χ1) is 8.90. The summed E-state index contributed by atoms with van der Waals surface area (Å²) in [5.41, 5.74) is 0.471. The van der Waals surface area contributed by atoms with E-state index in [1.165, 1.54) is 19.3 Å². The van der Waals surface area contributed by atoms with E-state index in [0.29, 0.717) is 24.1 Å². The number of aromatic nitrogens is 1. The Labute approximate surface area is 123 Å². The van der Waals surface area contributed by atoms with Crippen LogP contribution in [-0.2, 0) is 10.0 Å². The van der Waals surface area contributed by atoms with E-state index in [-0.39, 0.29) is 8.68 Å². The zero-order valence-electron chi connectivity index (χ0n) is 11.1. The van der Waals surface area contributed by atoms with Crippen LogP contribution < -0.4 is 4.72 Å². The second-order valence-electron chi connectivity index (χ2n) is 5.21. The Hall–Kier alpha value is -0.170. The van der Waals surface area contributed by atoms with Crippen molar-refractivity contribution in [1.29, 1.82) is 0 Å². The first-order valence-corrected chi connectivity index (χ1v) is 9.20. The van der Waals surface area contributed by atoms with E-state index in [1.807, 2.05) is 0 Å². The van der Waals surface area contributed by atoms with E-state index in [9.17, 15) is 8.42 Å². The highest BCUT2D eigenvalue weighted by molar-refractivity contribution is 7.91. The van der Waals surface area contributed by atoms with Crippen molar-refractivity contribution in [3.05, 3.63) is 10.2 Å². The first-order valence-electron chi connectivity index (χ1n) is 6.53. The molecule has 1 N–H and O–H groups in total. The third kappa shape index (κ3) is 3.68. The number of halogens is 1. The lowest BCUT2D eigenvalue weighted by molar-refractivity contribution is 0.257. The van der Waals surface area contributed by atoms with Crippen LogP contribution >= 0.6 is 22.9 Å². The van der Waals surface area contributed by atoms with Crippen molar-refractivity contribution in [2.24, 2.45) is 11.8 Å². The van der Waals surface area contributed by atoms with E-state index >= 15 is 0 Å². The topological polar surface area (TPSA) is 59.1 Å². The zero-order valence-corrected chi connectivity index (χ0v) is 13.5. The largest absolute Gasteiger partial charge is 0.251 e. The second-order valence-corrected chi connectivity index (χ2v) is 8.76. The molecule has 1 saturated carbocycles. The van der Waals surface area contributed by atoms with Crippen LogP contribution in [0.15, 0.2) is 4.21 Å². The van der Waals surface area contributed by atoms with Crippen molar-refractivity contribution >= 4 is 33.0 Å². The summed E-state index contributed by atoms with van der Waals surface area (Å²) in [6.45, 7) is 4.38. The number of hydrogen-bond donors (Lipinski definition) is 1. The van der Waals surface area contributed by atoms with Gasteiger partial charge in [-0.05, 0) is 25.2 Å². The van der Waals surface area contributed by atoms with Crippen LogP contribution in [0.4, 0.5) is 0 Å². The summed E-state index contributed by atoms with van der Waals surface area (Å²) in [4.78, 5) is 3.95. The summed E-state index contributed by atoms with van der Waals surface area (Å²) in [6.07, 6.45) is 4.75. The van der Waals surface area contributed by atoms with Crippen LogP contribution in [0.2, 0.25) is 4.47 Å². The minimum absolute atomic E-state index is 0.237. The standard InChI is InChI=1S/C12H19ClN2O2S2/c1-8-5-3-4-6-10(8)7-14-19(16,17)11-9(2)15-12(13)18-11/h8,10,14H,3-7H2,1-2H3. The molecule has 19 heavy (non-hydrogen) atoms. The van der Waals surface area contributed by atoms with Crippen molar-refractivity contribution < 1.29 is 8.42 Å². The fourth-order valence-electron chi connectivity index (χ4n) is 2.58. The van der Waals surface area contributed by atoms with Gasteiger partial charge in [0.25, 0.3) is 10.0 Å². The molecule has 2 unspecified atom stereocenters. The maximum atomic E-state index is 12.2. The molecule has 0 aliphatic heterocycles. The molecule has 1 aromatic heterocycles. The van der Waals surface area contributed by atoms with E-state index in [4.69, 9.17) is 11.6 Å². The Morgan fingerprint density at radius 2 is 2.11 bits per heavy atom. The Balaban J connectivity index is 2.03. The predicted octanol–water partition coefficient (Wildman–Crippen LogP) is 3.21. The minimum atomic E-state index is -3.47. The summed E-state index contributed by atoms with van der Waals surface area (Å²) in [7, 11) is -3.47.